The van der Waals surface area contributed by atoms with Gasteiger partial charge in [0.05, 0.1) is 11.1 Å². The highest BCUT2D eigenvalue weighted by Crippen LogP contribution is 2.29. The predicted molar refractivity (Wildman–Crippen MR) is 99.9 cm³/mol. The lowest BCUT2D eigenvalue weighted by Crippen LogP contribution is -2.44. The number of halogens is 1. The summed E-state index contributed by atoms with van der Waals surface area (Å²) in [5, 5.41) is 0.471. The second-order valence-electron chi connectivity index (χ2n) is 6.67. The van der Waals surface area contributed by atoms with Crippen molar-refractivity contribution in [3.63, 3.8) is 0 Å². The molecule has 0 saturated carbocycles. The highest BCUT2D eigenvalue weighted by atomic mass is 32.2. The molecule has 0 spiro atoms. The van der Waals surface area contributed by atoms with Crippen LogP contribution in [0.25, 0.3) is 10.8 Å². The quantitative estimate of drug-likeness (QED) is 0.844. The molecule has 0 unspecified atom stereocenters. The first-order valence-corrected chi connectivity index (χ1v) is 10.3. The standard InChI is InChI=1S/C18H23FN4O3S/c1-13-12-22(17(24)6-7-20)8-3-9-23(13)27(25,26)16-5-2-4-14-10-21-11-15(19)18(14)16/h2,4-5,10-11,13H,3,6-9,12,20H2,1H3/t13-/m0/s1. The summed E-state index contributed by atoms with van der Waals surface area (Å²) >= 11 is 0. The van der Waals surface area contributed by atoms with Crippen LogP contribution in [0.4, 0.5) is 4.39 Å². The Morgan fingerprint density at radius 2 is 2.11 bits per heavy atom. The number of hydrogen-bond donors (Lipinski definition) is 1. The molecule has 1 aromatic carbocycles. The minimum absolute atomic E-state index is 0.0417. The van der Waals surface area contributed by atoms with Crippen LogP contribution in [-0.4, -0.2) is 60.7 Å². The average molecular weight is 394 g/mol. The van der Waals surface area contributed by atoms with Gasteiger partial charge >= 0.3 is 0 Å². The van der Waals surface area contributed by atoms with E-state index in [1.807, 2.05) is 0 Å². The first kappa shape index (κ1) is 19.7. The largest absolute Gasteiger partial charge is 0.341 e. The summed E-state index contributed by atoms with van der Waals surface area (Å²) in [4.78, 5) is 17.5. The van der Waals surface area contributed by atoms with E-state index < -0.39 is 21.9 Å². The van der Waals surface area contributed by atoms with Gasteiger partial charge < -0.3 is 10.6 Å². The fraction of sp³-hybridized carbons (Fsp3) is 0.444. The number of amides is 1. The Morgan fingerprint density at radius 1 is 1.33 bits per heavy atom. The summed E-state index contributed by atoms with van der Waals surface area (Å²) < 4.78 is 42.4. The van der Waals surface area contributed by atoms with E-state index in [9.17, 15) is 17.6 Å². The van der Waals surface area contributed by atoms with Gasteiger partial charge in [0, 0.05) is 55.6 Å². The molecule has 1 aliphatic rings. The molecule has 7 nitrogen and oxygen atoms in total. The number of nitrogens with two attached hydrogens (primary N) is 1. The fourth-order valence-electron chi connectivity index (χ4n) is 3.50. The monoisotopic (exact) mass is 394 g/mol. The van der Waals surface area contributed by atoms with Gasteiger partial charge in [-0.2, -0.15) is 4.31 Å². The Balaban J connectivity index is 1.97. The van der Waals surface area contributed by atoms with Crippen LogP contribution >= 0.6 is 0 Å². The molecule has 1 atom stereocenters. The molecular formula is C18H23FN4O3S. The molecule has 1 aromatic heterocycles. The van der Waals surface area contributed by atoms with Gasteiger partial charge in [0.2, 0.25) is 15.9 Å². The van der Waals surface area contributed by atoms with Crippen molar-refractivity contribution in [3.8, 4) is 0 Å². The SMILES string of the molecule is C[C@H]1CN(C(=O)CCN)CCCN1S(=O)(=O)c1cccc2cncc(F)c12. The Kier molecular flexibility index (Phi) is 5.73. The van der Waals surface area contributed by atoms with Crippen molar-refractivity contribution in [1.29, 1.82) is 0 Å². The minimum Gasteiger partial charge on any atom is -0.341 e. The van der Waals surface area contributed by atoms with Crippen molar-refractivity contribution in [2.24, 2.45) is 5.73 Å². The van der Waals surface area contributed by atoms with Gasteiger partial charge in [-0.1, -0.05) is 12.1 Å². The third-order valence-corrected chi connectivity index (χ3v) is 6.84. The highest BCUT2D eigenvalue weighted by Gasteiger charge is 2.34. The molecule has 27 heavy (non-hydrogen) atoms. The molecule has 2 N–H and O–H groups in total. The fourth-order valence-corrected chi connectivity index (χ4v) is 5.39. The maximum atomic E-state index is 14.4. The number of carbonyl (C=O) groups excluding carboxylic acids is 1. The van der Waals surface area contributed by atoms with Crippen LogP contribution in [0.1, 0.15) is 19.8 Å². The number of nitrogens with zero attached hydrogens (tertiary/aromatic N) is 3. The molecule has 1 amide bonds. The lowest BCUT2D eigenvalue weighted by molar-refractivity contribution is -0.131. The van der Waals surface area contributed by atoms with E-state index in [1.165, 1.54) is 16.6 Å². The summed E-state index contributed by atoms with van der Waals surface area (Å²) in [6.07, 6.45) is 3.20. The molecule has 0 aliphatic carbocycles. The molecule has 2 heterocycles. The number of fused-ring (bicyclic) bond motifs is 1. The molecule has 3 rings (SSSR count). The minimum atomic E-state index is -3.94. The lowest BCUT2D eigenvalue weighted by atomic mass is 10.2. The number of benzene rings is 1. The molecule has 1 aliphatic heterocycles. The number of pyridine rings is 1. The van der Waals surface area contributed by atoms with Gasteiger partial charge in [0.15, 0.2) is 5.82 Å². The van der Waals surface area contributed by atoms with Crippen molar-refractivity contribution in [2.75, 3.05) is 26.2 Å². The Morgan fingerprint density at radius 3 is 2.85 bits per heavy atom. The first-order chi connectivity index (χ1) is 12.9. The smallest absolute Gasteiger partial charge is 0.244 e. The second kappa shape index (κ2) is 7.87. The molecule has 0 radical (unpaired) electrons. The van der Waals surface area contributed by atoms with Gasteiger partial charge in [0.25, 0.3) is 0 Å². The summed E-state index contributed by atoms with van der Waals surface area (Å²) in [7, 11) is -3.94. The predicted octanol–water partition coefficient (Wildman–Crippen LogP) is 1.33. The third kappa shape index (κ3) is 3.80. The maximum Gasteiger partial charge on any atom is 0.244 e. The van der Waals surface area contributed by atoms with E-state index in [-0.39, 0.29) is 42.2 Å². The number of rotatable bonds is 4. The van der Waals surface area contributed by atoms with Gasteiger partial charge in [-0.15, -0.1) is 0 Å². The van der Waals surface area contributed by atoms with E-state index >= 15 is 0 Å². The molecule has 1 saturated heterocycles. The highest BCUT2D eigenvalue weighted by molar-refractivity contribution is 7.89. The van der Waals surface area contributed by atoms with E-state index in [2.05, 4.69) is 4.98 Å². The summed E-state index contributed by atoms with van der Waals surface area (Å²) in [6.45, 7) is 3.04. The van der Waals surface area contributed by atoms with E-state index in [1.54, 1.807) is 24.0 Å². The van der Waals surface area contributed by atoms with Crippen molar-refractivity contribution in [2.45, 2.75) is 30.7 Å². The number of aromatic nitrogens is 1. The third-order valence-electron chi connectivity index (χ3n) is 4.78. The van der Waals surface area contributed by atoms with Crippen LogP contribution in [0, 0.1) is 5.82 Å². The zero-order valence-corrected chi connectivity index (χ0v) is 16.0. The molecular weight excluding hydrogens is 371 g/mol. The van der Waals surface area contributed by atoms with Crippen LogP contribution in [0.15, 0.2) is 35.5 Å². The lowest BCUT2D eigenvalue weighted by Gasteiger charge is -2.28. The topological polar surface area (TPSA) is 96.6 Å². The van der Waals surface area contributed by atoms with Crippen LogP contribution in [0.3, 0.4) is 0 Å². The molecule has 1 fully saturated rings. The van der Waals surface area contributed by atoms with Crippen LogP contribution in [0.5, 0.6) is 0 Å². The van der Waals surface area contributed by atoms with Crippen molar-refractivity contribution in [3.05, 3.63) is 36.4 Å². The number of carbonyl (C=O) groups is 1. The van der Waals surface area contributed by atoms with Crippen LogP contribution in [-0.2, 0) is 14.8 Å². The van der Waals surface area contributed by atoms with E-state index in [0.717, 1.165) is 6.20 Å². The Bertz CT molecular complexity index is 946. The normalized spacial score (nSPS) is 19.2. The summed E-state index contributed by atoms with van der Waals surface area (Å²) in [5.74, 6) is -0.750. The molecule has 146 valence electrons. The van der Waals surface area contributed by atoms with Gasteiger partial charge in [0.1, 0.15) is 0 Å². The van der Waals surface area contributed by atoms with Gasteiger partial charge in [-0.05, 0) is 19.4 Å². The van der Waals surface area contributed by atoms with Crippen LogP contribution in [0.2, 0.25) is 0 Å². The maximum absolute atomic E-state index is 14.4. The van der Waals surface area contributed by atoms with Gasteiger partial charge in [-0.3, -0.25) is 9.78 Å². The second-order valence-corrected chi connectivity index (χ2v) is 8.53. The number of sulfonamides is 1. The average Bonchev–Trinajstić information content (AvgIpc) is 2.84. The van der Waals surface area contributed by atoms with Crippen LogP contribution < -0.4 is 5.73 Å². The molecule has 2 aromatic rings. The van der Waals surface area contributed by atoms with Crippen molar-refractivity contribution in [1.82, 2.24) is 14.2 Å². The number of hydrogen-bond acceptors (Lipinski definition) is 5. The first-order valence-electron chi connectivity index (χ1n) is 8.88. The Labute approximate surface area is 158 Å². The van der Waals surface area contributed by atoms with Crippen molar-refractivity contribution >= 4 is 26.7 Å². The zero-order chi connectivity index (χ0) is 19.6. The summed E-state index contributed by atoms with van der Waals surface area (Å²) in [6, 6.07) is 4.19. The van der Waals surface area contributed by atoms with E-state index in [0.29, 0.717) is 18.4 Å². The molecule has 9 heteroatoms. The Hall–Kier alpha value is -2.10. The van der Waals surface area contributed by atoms with E-state index in [4.69, 9.17) is 5.73 Å². The van der Waals surface area contributed by atoms with Gasteiger partial charge in [-0.25, -0.2) is 12.8 Å². The summed E-state index contributed by atoms with van der Waals surface area (Å²) in [5.41, 5.74) is 5.45. The zero-order valence-electron chi connectivity index (χ0n) is 15.1. The van der Waals surface area contributed by atoms with Crippen molar-refractivity contribution < 1.29 is 17.6 Å². The molecule has 0 bridgehead atoms.